The van der Waals surface area contributed by atoms with Gasteiger partial charge in [0.1, 0.15) is 5.78 Å². The number of rotatable bonds is 1. The number of carbonyl (C=O) groups excluding carboxylic acids is 1. The highest BCUT2D eigenvalue weighted by Crippen LogP contribution is 2.25. The molecule has 1 heterocycles. The first-order chi connectivity index (χ1) is 4.61. The highest BCUT2D eigenvalue weighted by atomic mass is 31.0. The van der Waals surface area contributed by atoms with Crippen molar-refractivity contribution < 1.29 is 4.79 Å². The van der Waals surface area contributed by atoms with Gasteiger partial charge in [0.15, 0.2) is 0 Å². The Hall–Kier alpha value is 0.0600. The summed E-state index contributed by atoms with van der Waals surface area (Å²) in [6, 6.07) is 0.167. The van der Waals surface area contributed by atoms with Crippen LogP contribution >= 0.6 is 9.39 Å². The summed E-state index contributed by atoms with van der Waals surface area (Å²) in [5.74, 6) is 0.964. The molecule has 1 aliphatic rings. The highest BCUT2D eigenvalue weighted by Gasteiger charge is 2.29. The van der Waals surface area contributed by atoms with Crippen LogP contribution in [0.15, 0.2) is 0 Å². The van der Waals surface area contributed by atoms with Gasteiger partial charge in [0.05, 0.1) is 6.04 Å². The maximum Gasteiger partial charge on any atom is 0.147 e. The number of nitrogens with zero attached hydrogens (tertiary/aromatic N) is 1. The predicted octanol–water partition coefficient (Wildman–Crippen LogP) is 1.08. The van der Waals surface area contributed by atoms with Crippen LogP contribution in [0, 0.1) is 5.92 Å². The van der Waals surface area contributed by atoms with Gasteiger partial charge in [-0.25, -0.2) is 0 Å². The third kappa shape index (κ3) is 1.56. The van der Waals surface area contributed by atoms with Gasteiger partial charge in [0, 0.05) is 6.54 Å². The van der Waals surface area contributed by atoms with E-state index in [1.807, 2.05) is 0 Å². The van der Waals surface area contributed by atoms with E-state index in [1.54, 1.807) is 6.92 Å². The van der Waals surface area contributed by atoms with Gasteiger partial charge < -0.3 is 0 Å². The normalized spacial score (nSPS) is 34.7. The van der Waals surface area contributed by atoms with Crippen molar-refractivity contribution in [2.24, 2.45) is 5.92 Å². The second kappa shape index (κ2) is 2.98. The molecule has 0 saturated carbocycles. The highest BCUT2D eigenvalue weighted by molar-refractivity contribution is 7.13. The Bertz CT molecular complexity index is 149. The number of carbonyl (C=O) groups is 1. The molecule has 0 aromatic heterocycles. The maximum atomic E-state index is 10.9. The summed E-state index contributed by atoms with van der Waals surface area (Å²) in [5, 5.41) is 0. The number of ketones is 1. The van der Waals surface area contributed by atoms with Gasteiger partial charge in [0.2, 0.25) is 0 Å². The Morgan fingerprint density at radius 2 is 2.30 bits per heavy atom. The van der Waals surface area contributed by atoms with Crippen molar-refractivity contribution in [2.45, 2.75) is 26.3 Å². The molecule has 3 heteroatoms. The van der Waals surface area contributed by atoms with E-state index in [-0.39, 0.29) is 6.04 Å². The van der Waals surface area contributed by atoms with Crippen LogP contribution in [0.4, 0.5) is 0 Å². The van der Waals surface area contributed by atoms with Crippen molar-refractivity contribution in [3.8, 4) is 0 Å². The zero-order valence-electron chi connectivity index (χ0n) is 6.50. The van der Waals surface area contributed by atoms with Crippen LogP contribution in [0.3, 0.4) is 0 Å². The molecule has 3 unspecified atom stereocenters. The first-order valence-electron chi connectivity index (χ1n) is 3.63. The molecule has 2 nitrogen and oxygen atoms in total. The van der Waals surface area contributed by atoms with E-state index in [2.05, 4.69) is 21.0 Å². The Morgan fingerprint density at radius 3 is 2.50 bits per heavy atom. The molecule has 0 N–H and O–H groups in total. The number of Topliss-reactive ketones (excluding diaryl/α,β-unsaturated/α-hetero) is 1. The van der Waals surface area contributed by atoms with Crippen LogP contribution in [-0.2, 0) is 4.79 Å². The molecular formula is C7H14NOP. The Kier molecular flexibility index (Phi) is 2.43. The molecule has 3 atom stereocenters. The molecule has 0 spiro atoms. The lowest BCUT2D eigenvalue weighted by Crippen LogP contribution is -2.26. The smallest absolute Gasteiger partial charge is 0.147 e. The maximum absolute atomic E-state index is 10.9. The summed E-state index contributed by atoms with van der Waals surface area (Å²) in [6.07, 6.45) is 1.03. The standard InChI is InChI=1S/C7H14NOP/c1-5-3-7(6(2)9)8(10)4-5/h5,7H,3-4,10H2,1-2H3. The molecule has 0 amide bonds. The van der Waals surface area contributed by atoms with E-state index < -0.39 is 0 Å². The number of hydrogen-bond acceptors (Lipinski definition) is 2. The summed E-state index contributed by atoms with van der Waals surface area (Å²) >= 11 is 0. The quantitative estimate of drug-likeness (QED) is 0.533. The number of hydrogen-bond donors (Lipinski definition) is 0. The van der Waals surface area contributed by atoms with Crippen LogP contribution in [0.2, 0.25) is 0 Å². The zero-order chi connectivity index (χ0) is 7.72. The third-order valence-corrected chi connectivity index (χ3v) is 2.59. The largest absolute Gasteiger partial charge is 0.298 e. The average Bonchev–Trinajstić information content (AvgIpc) is 2.10. The van der Waals surface area contributed by atoms with Gasteiger partial charge >= 0.3 is 0 Å². The Balaban J connectivity index is 2.54. The van der Waals surface area contributed by atoms with Gasteiger partial charge in [0.25, 0.3) is 0 Å². The fraction of sp³-hybridized carbons (Fsp3) is 0.857. The summed E-state index contributed by atoms with van der Waals surface area (Å²) in [7, 11) is 2.62. The molecule has 0 radical (unpaired) electrons. The van der Waals surface area contributed by atoms with Crippen LogP contribution in [-0.4, -0.2) is 23.0 Å². The van der Waals surface area contributed by atoms with Crippen molar-refractivity contribution in [1.82, 2.24) is 4.67 Å². The van der Waals surface area contributed by atoms with E-state index in [0.29, 0.717) is 11.7 Å². The minimum atomic E-state index is 0.167. The average molecular weight is 159 g/mol. The lowest BCUT2D eigenvalue weighted by Gasteiger charge is -2.14. The minimum Gasteiger partial charge on any atom is -0.298 e. The lowest BCUT2D eigenvalue weighted by molar-refractivity contribution is -0.119. The van der Waals surface area contributed by atoms with Gasteiger partial charge in [-0.05, 0) is 19.3 Å². The second-order valence-corrected chi connectivity index (χ2v) is 3.83. The van der Waals surface area contributed by atoms with Crippen molar-refractivity contribution in [1.29, 1.82) is 0 Å². The lowest BCUT2D eigenvalue weighted by atomic mass is 10.1. The van der Waals surface area contributed by atoms with E-state index in [0.717, 1.165) is 13.0 Å². The molecule has 1 aliphatic heterocycles. The van der Waals surface area contributed by atoms with Crippen LogP contribution in [0.25, 0.3) is 0 Å². The van der Waals surface area contributed by atoms with Gasteiger partial charge in [-0.15, -0.1) is 0 Å². The third-order valence-electron chi connectivity index (χ3n) is 2.02. The fourth-order valence-electron chi connectivity index (χ4n) is 1.48. The Labute approximate surface area is 64.2 Å². The van der Waals surface area contributed by atoms with Crippen molar-refractivity contribution in [3.63, 3.8) is 0 Å². The van der Waals surface area contributed by atoms with E-state index in [9.17, 15) is 4.79 Å². The summed E-state index contributed by atoms with van der Waals surface area (Å²) in [5.41, 5.74) is 0. The van der Waals surface area contributed by atoms with Gasteiger partial charge in [-0.1, -0.05) is 16.3 Å². The summed E-state index contributed by atoms with van der Waals surface area (Å²) < 4.78 is 2.06. The molecule has 0 bridgehead atoms. The van der Waals surface area contributed by atoms with Gasteiger partial charge in [-0.3, -0.25) is 9.46 Å². The molecule has 1 saturated heterocycles. The van der Waals surface area contributed by atoms with Crippen LogP contribution < -0.4 is 0 Å². The van der Waals surface area contributed by atoms with E-state index in [4.69, 9.17) is 0 Å². The Morgan fingerprint density at radius 1 is 1.70 bits per heavy atom. The zero-order valence-corrected chi connectivity index (χ0v) is 7.66. The molecule has 58 valence electrons. The van der Waals surface area contributed by atoms with Crippen LogP contribution in [0.1, 0.15) is 20.3 Å². The van der Waals surface area contributed by atoms with Gasteiger partial charge in [-0.2, -0.15) is 0 Å². The molecule has 0 aliphatic carbocycles. The van der Waals surface area contributed by atoms with E-state index in [1.165, 1.54) is 0 Å². The monoisotopic (exact) mass is 159 g/mol. The second-order valence-electron chi connectivity index (χ2n) is 3.16. The SMILES string of the molecule is CC(=O)C1CC(C)CN1P. The molecule has 10 heavy (non-hydrogen) atoms. The van der Waals surface area contributed by atoms with Crippen molar-refractivity contribution in [2.75, 3.05) is 6.54 Å². The molecule has 0 aromatic carbocycles. The van der Waals surface area contributed by atoms with E-state index >= 15 is 0 Å². The molecule has 0 aromatic rings. The fourth-order valence-corrected chi connectivity index (χ4v) is 2.17. The molecule has 1 rings (SSSR count). The first-order valence-corrected chi connectivity index (χ1v) is 4.14. The molecule has 1 fully saturated rings. The predicted molar refractivity (Wildman–Crippen MR) is 44.7 cm³/mol. The van der Waals surface area contributed by atoms with Crippen molar-refractivity contribution in [3.05, 3.63) is 0 Å². The summed E-state index contributed by atoms with van der Waals surface area (Å²) in [6.45, 7) is 4.88. The topological polar surface area (TPSA) is 20.3 Å². The minimum absolute atomic E-state index is 0.167. The van der Waals surface area contributed by atoms with Crippen molar-refractivity contribution >= 4 is 15.2 Å². The first kappa shape index (κ1) is 8.16. The summed E-state index contributed by atoms with van der Waals surface area (Å²) in [4.78, 5) is 10.9. The van der Waals surface area contributed by atoms with Crippen LogP contribution in [0.5, 0.6) is 0 Å². The molecular weight excluding hydrogens is 145 g/mol.